The molecule has 31 heavy (non-hydrogen) atoms. The first-order valence-corrected chi connectivity index (χ1v) is 10.3. The van der Waals surface area contributed by atoms with Crippen LogP contribution < -0.4 is 16.4 Å². The van der Waals surface area contributed by atoms with Crippen LogP contribution >= 0.6 is 0 Å². The van der Waals surface area contributed by atoms with Gasteiger partial charge in [-0.05, 0) is 59.5 Å². The van der Waals surface area contributed by atoms with Crippen LogP contribution in [0.15, 0.2) is 97.1 Å². The number of amides is 1. The zero-order chi connectivity index (χ0) is 21.6. The predicted octanol–water partition coefficient (Wildman–Crippen LogP) is 6.11. The van der Waals surface area contributed by atoms with Crippen LogP contribution in [-0.2, 0) is 6.54 Å². The number of nitrogens with one attached hydrogen (secondary N) is 2. The summed E-state index contributed by atoms with van der Waals surface area (Å²) in [4.78, 5) is 12.5. The van der Waals surface area contributed by atoms with Gasteiger partial charge in [0.2, 0.25) is 0 Å². The molecular formula is C27H25N3O. The lowest BCUT2D eigenvalue weighted by molar-refractivity contribution is 0.102. The van der Waals surface area contributed by atoms with Crippen molar-refractivity contribution in [1.29, 1.82) is 0 Å². The van der Waals surface area contributed by atoms with Crippen molar-refractivity contribution in [2.45, 2.75) is 13.5 Å². The molecule has 4 N–H and O–H groups in total. The van der Waals surface area contributed by atoms with E-state index in [1.54, 1.807) is 12.1 Å². The highest BCUT2D eigenvalue weighted by atomic mass is 16.1. The molecule has 0 heterocycles. The van der Waals surface area contributed by atoms with Crippen molar-refractivity contribution in [3.8, 4) is 11.1 Å². The van der Waals surface area contributed by atoms with Gasteiger partial charge in [0.05, 0.1) is 11.4 Å². The molecule has 4 aromatic rings. The maximum atomic E-state index is 12.5. The summed E-state index contributed by atoms with van der Waals surface area (Å²) in [6.45, 7) is 2.81. The Labute approximate surface area is 182 Å². The number of benzene rings is 4. The summed E-state index contributed by atoms with van der Waals surface area (Å²) >= 11 is 0. The summed E-state index contributed by atoms with van der Waals surface area (Å²) < 4.78 is 0. The third-order valence-electron chi connectivity index (χ3n) is 5.33. The Morgan fingerprint density at radius 2 is 1.45 bits per heavy atom. The fourth-order valence-corrected chi connectivity index (χ4v) is 3.53. The van der Waals surface area contributed by atoms with E-state index in [1.165, 1.54) is 16.7 Å². The summed E-state index contributed by atoms with van der Waals surface area (Å²) in [5.41, 5.74) is 13.5. The summed E-state index contributed by atoms with van der Waals surface area (Å²) in [6, 6.07) is 31.5. The van der Waals surface area contributed by atoms with E-state index in [9.17, 15) is 4.79 Å². The van der Waals surface area contributed by atoms with Gasteiger partial charge in [-0.25, -0.2) is 0 Å². The lowest BCUT2D eigenvalue weighted by Crippen LogP contribution is -2.13. The molecule has 0 radical (unpaired) electrons. The minimum Gasteiger partial charge on any atom is -0.397 e. The van der Waals surface area contributed by atoms with Crippen LogP contribution in [0.5, 0.6) is 0 Å². The van der Waals surface area contributed by atoms with E-state index in [1.807, 2.05) is 42.5 Å². The molecule has 0 aliphatic rings. The van der Waals surface area contributed by atoms with Crippen LogP contribution in [0.1, 0.15) is 21.5 Å². The molecule has 0 spiro atoms. The first-order valence-electron chi connectivity index (χ1n) is 10.3. The molecule has 4 nitrogen and oxygen atoms in total. The second-order valence-electron chi connectivity index (χ2n) is 7.44. The number of rotatable bonds is 6. The van der Waals surface area contributed by atoms with E-state index >= 15 is 0 Å². The van der Waals surface area contributed by atoms with Gasteiger partial charge in [0.25, 0.3) is 5.91 Å². The molecule has 0 aromatic heterocycles. The lowest BCUT2D eigenvalue weighted by atomic mass is 9.99. The fraction of sp³-hybridized carbons (Fsp3) is 0.0741. The van der Waals surface area contributed by atoms with Crippen LogP contribution in [0.25, 0.3) is 11.1 Å². The second kappa shape index (κ2) is 9.18. The zero-order valence-electron chi connectivity index (χ0n) is 17.4. The Hall–Kier alpha value is -4.05. The fourth-order valence-electron chi connectivity index (χ4n) is 3.53. The number of para-hydroxylation sites is 2. The van der Waals surface area contributed by atoms with Crippen LogP contribution in [0.3, 0.4) is 0 Å². The van der Waals surface area contributed by atoms with Gasteiger partial charge in [-0.15, -0.1) is 0 Å². The largest absolute Gasteiger partial charge is 0.397 e. The Morgan fingerprint density at radius 1 is 0.774 bits per heavy atom. The average Bonchev–Trinajstić information content (AvgIpc) is 2.81. The van der Waals surface area contributed by atoms with Gasteiger partial charge in [0.15, 0.2) is 0 Å². The summed E-state index contributed by atoms with van der Waals surface area (Å²) in [6.07, 6.45) is 0. The Morgan fingerprint density at radius 3 is 2.19 bits per heavy atom. The molecular weight excluding hydrogens is 382 g/mol. The predicted molar refractivity (Wildman–Crippen MR) is 129 cm³/mol. The summed E-state index contributed by atoms with van der Waals surface area (Å²) in [5.74, 6) is -0.177. The van der Waals surface area contributed by atoms with Gasteiger partial charge in [0, 0.05) is 17.8 Å². The maximum absolute atomic E-state index is 12.5. The third kappa shape index (κ3) is 4.75. The molecule has 4 aromatic carbocycles. The Kier molecular flexibility index (Phi) is 5.99. The molecule has 0 saturated heterocycles. The van der Waals surface area contributed by atoms with E-state index < -0.39 is 0 Å². The molecule has 0 aliphatic carbocycles. The molecule has 1 amide bonds. The van der Waals surface area contributed by atoms with Crippen molar-refractivity contribution in [1.82, 2.24) is 0 Å². The van der Waals surface area contributed by atoms with Gasteiger partial charge >= 0.3 is 0 Å². The van der Waals surface area contributed by atoms with Crippen molar-refractivity contribution < 1.29 is 4.79 Å². The van der Waals surface area contributed by atoms with E-state index in [-0.39, 0.29) is 5.91 Å². The average molecular weight is 408 g/mol. The van der Waals surface area contributed by atoms with Gasteiger partial charge in [-0.1, -0.05) is 66.7 Å². The molecule has 0 atom stereocenters. The monoisotopic (exact) mass is 407 g/mol. The number of nitrogen functional groups attached to an aromatic ring is 1. The van der Waals surface area contributed by atoms with Crippen molar-refractivity contribution in [2.24, 2.45) is 0 Å². The molecule has 4 heteroatoms. The van der Waals surface area contributed by atoms with Gasteiger partial charge in [0.1, 0.15) is 0 Å². The molecule has 4 rings (SSSR count). The number of carbonyl (C=O) groups is 1. The lowest BCUT2D eigenvalue weighted by Gasteiger charge is -2.14. The normalized spacial score (nSPS) is 10.5. The Bertz CT molecular complexity index is 1180. The van der Waals surface area contributed by atoms with E-state index in [0.717, 1.165) is 11.3 Å². The van der Waals surface area contributed by atoms with Crippen molar-refractivity contribution >= 4 is 23.0 Å². The Balaban J connectivity index is 1.42. The van der Waals surface area contributed by atoms with Gasteiger partial charge < -0.3 is 16.4 Å². The second-order valence-corrected chi connectivity index (χ2v) is 7.44. The highest BCUT2D eigenvalue weighted by molar-refractivity contribution is 6.05. The minimum atomic E-state index is -0.177. The standard InChI is InChI=1S/C27H25N3O/c1-19-23(21-8-3-2-4-9-21)10-7-13-25(19)29-18-20-14-16-22(17-15-20)27(31)30-26-12-6-5-11-24(26)28/h2-17,29H,18,28H2,1H3,(H,30,31). The van der Waals surface area contributed by atoms with Gasteiger partial charge in [-0.2, -0.15) is 0 Å². The van der Waals surface area contributed by atoms with E-state index in [4.69, 9.17) is 5.73 Å². The SMILES string of the molecule is Cc1c(NCc2ccc(C(=O)Nc3ccccc3N)cc2)cccc1-c1ccccc1. The number of nitrogens with two attached hydrogens (primary N) is 1. The van der Waals surface area contributed by atoms with Crippen molar-refractivity contribution in [2.75, 3.05) is 16.4 Å². The number of hydrogen-bond acceptors (Lipinski definition) is 3. The third-order valence-corrected chi connectivity index (χ3v) is 5.33. The number of anilines is 3. The smallest absolute Gasteiger partial charge is 0.255 e. The highest BCUT2D eigenvalue weighted by Gasteiger charge is 2.09. The van der Waals surface area contributed by atoms with Crippen LogP contribution in [0, 0.1) is 6.92 Å². The molecule has 0 bridgehead atoms. The number of hydrogen-bond donors (Lipinski definition) is 3. The molecule has 154 valence electrons. The topological polar surface area (TPSA) is 67.2 Å². The first-order chi connectivity index (χ1) is 15.1. The van der Waals surface area contributed by atoms with Gasteiger partial charge in [-0.3, -0.25) is 4.79 Å². The molecule has 0 aliphatic heterocycles. The first kappa shape index (κ1) is 20.2. The van der Waals surface area contributed by atoms with Crippen molar-refractivity contribution in [3.05, 3.63) is 114 Å². The van der Waals surface area contributed by atoms with Crippen LogP contribution in [-0.4, -0.2) is 5.91 Å². The quantitative estimate of drug-likeness (QED) is 0.338. The van der Waals surface area contributed by atoms with E-state index in [2.05, 4.69) is 60.0 Å². The summed E-state index contributed by atoms with van der Waals surface area (Å²) in [5, 5.41) is 6.37. The van der Waals surface area contributed by atoms with Crippen LogP contribution in [0.2, 0.25) is 0 Å². The summed E-state index contributed by atoms with van der Waals surface area (Å²) in [7, 11) is 0. The minimum absolute atomic E-state index is 0.177. The molecule has 0 saturated carbocycles. The van der Waals surface area contributed by atoms with E-state index in [0.29, 0.717) is 23.5 Å². The molecule has 0 fully saturated rings. The molecule has 0 unspecified atom stereocenters. The number of carbonyl (C=O) groups excluding carboxylic acids is 1. The highest BCUT2D eigenvalue weighted by Crippen LogP contribution is 2.28. The van der Waals surface area contributed by atoms with Crippen molar-refractivity contribution in [3.63, 3.8) is 0 Å². The zero-order valence-corrected chi connectivity index (χ0v) is 17.4. The maximum Gasteiger partial charge on any atom is 0.255 e. The van der Waals surface area contributed by atoms with Crippen LogP contribution in [0.4, 0.5) is 17.1 Å².